The number of furan rings is 1. The lowest BCUT2D eigenvalue weighted by Gasteiger charge is -2.02. The largest absolute Gasteiger partial charge is 0.457 e. The van der Waals surface area contributed by atoms with Crippen molar-refractivity contribution in [3.63, 3.8) is 0 Å². The molecule has 16 heavy (non-hydrogen) atoms. The molecule has 0 bridgehead atoms. The number of aromatic nitrogens is 2. The maximum Gasteiger partial charge on any atom is 0.262 e. The maximum absolute atomic E-state index is 5.89. The van der Waals surface area contributed by atoms with E-state index in [-0.39, 0.29) is 6.04 Å². The van der Waals surface area contributed by atoms with Crippen molar-refractivity contribution in [1.82, 2.24) is 10.1 Å². The molecule has 2 rings (SSSR count). The Balaban J connectivity index is 2.23. The van der Waals surface area contributed by atoms with Crippen molar-refractivity contribution in [3.8, 4) is 11.5 Å². The lowest BCUT2D eigenvalue weighted by atomic mass is 10.2. The summed E-state index contributed by atoms with van der Waals surface area (Å²) < 4.78 is 10.8. The second kappa shape index (κ2) is 4.80. The summed E-state index contributed by atoms with van der Waals surface area (Å²) in [6, 6.07) is 1.58. The molecular weight excluding hydrogens is 274 g/mol. The summed E-state index contributed by atoms with van der Waals surface area (Å²) in [7, 11) is 0. The number of halogens is 1. The van der Waals surface area contributed by atoms with Gasteiger partial charge in [-0.3, -0.25) is 0 Å². The molecule has 1 unspecified atom stereocenters. The van der Waals surface area contributed by atoms with E-state index in [1.807, 2.05) is 0 Å². The highest BCUT2D eigenvalue weighted by atomic mass is 79.9. The molecule has 2 heterocycles. The second-order valence-electron chi connectivity index (χ2n) is 3.46. The van der Waals surface area contributed by atoms with Gasteiger partial charge in [-0.25, -0.2) is 0 Å². The number of nitrogens with two attached hydrogens (primary N) is 1. The fourth-order valence-corrected chi connectivity index (χ4v) is 1.79. The summed E-state index contributed by atoms with van der Waals surface area (Å²) in [5.74, 6) is 0.951. The van der Waals surface area contributed by atoms with Crippen LogP contribution in [0, 0.1) is 0 Å². The van der Waals surface area contributed by atoms with Crippen molar-refractivity contribution < 1.29 is 8.94 Å². The molecule has 0 saturated heterocycles. The van der Waals surface area contributed by atoms with Gasteiger partial charge in [-0.05, 0) is 28.4 Å². The van der Waals surface area contributed by atoms with Crippen LogP contribution in [-0.2, 0) is 0 Å². The van der Waals surface area contributed by atoms with Crippen molar-refractivity contribution in [2.24, 2.45) is 5.73 Å². The molecular formula is C10H12BrN3O2. The highest BCUT2D eigenvalue weighted by molar-refractivity contribution is 9.10. The first kappa shape index (κ1) is 11.3. The minimum absolute atomic E-state index is 0.173. The van der Waals surface area contributed by atoms with E-state index in [4.69, 9.17) is 14.7 Å². The lowest BCUT2D eigenvalue weighted by molar-refractivity contribution is 0.412. The molecule has 2 aromatic heterocycles. The van der Waals surface area contributed by atoms with Gasteiger partial charge in [0.15, 0.2) is 10.5 Å². The Labute approximate surface area is 101 Å². The normalized spacial score (nSPS) is 12.9. The minimum atomic E-state index is -0.173. The summed E-state index contributed by atoms with van der Waals surface area (Å²) >= 11 is 3.25. The van der Waals surface area contributed by atoms with Crippen LogP contribution in [0.15, 0.2) is 25.9 Å². The van der Waals surface area contributed by atoms with Crippen LogP contribution < -0.4 is 5.73 Å². The van der Waals surface area contributed by atoms with E-state index in [9.17, 15) is 0 Å². The molecule has 1 atom stereocenters. The van der Waals surface area contributed by atoms with Gasteiger partial charge in [0.05, 0.1) is 17.9 Å². The molecule has 0 radical (unpaired) electrons. The SMILES string of the molecule is CCCC(N)c1noc(-c2ccoc2Br)n1. The molecule has 6 heteroatoms. The Hall–Kier alpha value is -1.14. The fraction of sp³-hybridized carbons (Fsp3) is 0.400. The first-order valence-electron chi connectivity index (χ1n) is 5.05. The summed E-state index contributed by atoms with van der Waals surface area (Å²) in [5.41, 5.74) is 6.63. The Kier molecular flexibility index (Phi) is 3.40. The molecule has 86 valence electrons. The number of nitrogens with zero attached hydrogens (tertiary/aromatic N) is 2. The van der Waals surface area contributed by atoms with Crippen LogP contribution in [0.5, 0.6) is 0 Å². The van der Waals surface area contributed by atoms with Gasteiger partial charge in [0.2, 0.25) is 0 Å². The summed E-state index contributed by atoms with van der Waals surface area (Å²) in [6.07, 6.45) is 3.38. The summed E-state index contributed by atoms with van der Waals surface area (Å²) in [5, 5.41) is 3.86. The van der Waals surface area contributed by atoms with Crippen molar-refractivity contribution in [2.75, 3.05) is 0 Å². The van der Waals surface area contributed by atoms with Gasteiger partial charge in [0.1, 0.15) is 0 Å². The van der Waals surface area contributed by atoms with E-state index in [1.54, 1.807) is 12.3 Å². The average molecular weight is 286 g/mol. The number of rotatable bonds is 4. The second-order valence-corrected chi connectivity index (χ2v) is 4.18. The van der Waals surface area contributed by atoms with E-state index in [2.05, 4.69) is 33.0 Å². The van der Waals surface area contributed by atoms with Gasteiger partial charge in [-0.1, -0.05) is 18.5 Å². The van der Waals surface area contributed by atoms with E-state index in [1.165, 1.54) is 0 Å². The Morgan fingerprint density at radius 1 is 1.56 bits per heavy atom. The first-order valence-corrected chi connectivity index (χ1v) is 5.84. The lowest BCUT2D eigenvalue weighted by Crippen LogP contribution is -2.11. The Bertz CT molecular complexity index is 466. The average Bonchev–Trinajstić information content (AvgIpc) is 2.86. The van der Waals surface area contributed by atoms with Gasteiger partial charge in [0.25, 0.3) is 5.89 Å². The van der Waals surface area contributed by atoms with Gasteiger partial charge < -0.3 is 14.7 Å². The fourth-order valence-electron chi connectivity index (χ4n) is 1.38. The summed E-state index contributed by atoms with van der Waals surface area (Å²) in [4.78, 5) is 4.24. The van der Waals surface area contributed by atoms with E-state index in [0.717, 1.165) is 18.4 Å². The molecule has 0 aromatic carbocycles. The van der Waals surface area contributed by atoms with Crippen LogP contribution in [0.1, 0.15) is 31.6 Å². The quantitative estimate of drug-likeness (QED) is 0.934. The molecule has 0 spiro atoms. The molecule has 0 fully saturated rings. The molecule has 0 saturated carbocycles. The zero-order chi connectivity index (χ0) is 11.5. The van der Waals surface area contributed by atoms with Crippen molar-refractivity contribution in [2.45, 2.75) is 25.8 Å². The van der Waals surface area contributed by atoms with E-state index >= 15 is 0 Å². The van der Waals surface area contributed by atoms with Crippen LogP contribution in [0.2, 0.25) is 0 Å². The number of hydrogen-bond acceptors (Lipinski definition) is 5. The van der Waals surface area contributed by atoms with Crippen molar-refractivity contribution >= 4 is 15.9 Å². The zero-order valence-corrected chi connectivity index (χ0v) is 10.4. The topological polar surface area (TPSA) is 78.1 Å². The Morgan fingerprint density at radius 3 is 3.00 bits per heavy atom. The van der Waals surface area contributed by atoms with E-state index in [0.29, 0.717) is 16.4 Å². The van der Waals surface area contributed by atoms with Gasteiger partial charge in [0, 0.05) is 0 Å². The Morgan fingerprint density at radius 2 is 2.38 bits per heavy atom. The molecule has 5 nitrogen and oxygen atoms in total. The monoisotopic (exact) mass is 285 g/mol. The highest BCUT2D eigenvalue weighted by Crippen LogP contribution is 2.28. The molecule has 0 aliphatic carbocycles. The van der Waals surface area contributed by atoms with Gasteiger partial charge in [-0.15, -0.1) is 0 Å². The third-order valence-electron chi connectivity index (χ3n) is 2.22. The number of hydrogen-bond donors (Lipinski definition) is 1. The molecule has 0 amide bonds. The predicted octanol–water partition coefficient (Wildman–Crippen LogP) is 2.89. The third-order valence-corrected chi connectivity index (χ3v) is 2.84. The van der Waals surface area contributed by atoms with Crippen LogP contribution in [-0.4, -0.2) is 10.1 Å². The standard InChI is InChI=1S/C10H12BrN3O2/c1-2-3-7(12)9-13-10(16-14-9)6-4-5-15-8(6)11/h4-5,7H,2-3,12H2,1H3. The third kappa shape index (κ3) is 2.17. The zero-order valence-electron chi connectivity index (χ0n) is 8.81. The van der Waals surface area contributed by atoms with Crippen LogP contribution >= 0.6 is 15.9 Å². The van der Waals surface area contributed by atoms with E-state index < -0.39 is 0 Å². The highest BCUT2D eigenvalue weighted by Gasteiger charge is 2.17. The maximum atomic E-state index is 5.89. The smallest absolute Gasteiger partial charge is 0.262 e. The summed E-state index contributed by atoms with van der Waals surface area (Å²) in [6.45, 7) is 2.06. The van der Waals surface area contributed by atoms with Crippen LogP contribution in [0.4, 0.5) is 0 Å². The molecule has 2 N–H and O–H groups in total. The van der Waals surface area contributed by atoms with Gasteiger partial charge in [-0.2, -0.15) is 4.98 Å². The van der Waals surface area contributed by atoms with Crippen molar-refractivity contribution in [3.05, 3.63) is 22.8 Å². The molecule has 0 aliphatic heterocycles. The molecule has 0 aliphatic rings. The predicted molar refractivity (Wildman–Crippen MR) is 61.5 cm³/mol. The van der Waals surface area contributed by atoms with Crippen LogP contribution in [0.3, 0.4) is 0 Å². The minimum Gasteiger partial charge on any atom is -0.457 e. The first-order chi connectivity index (χ1) is 7.72. The van der Waals surface area contributed by atoms with Gasteiger partial charge >= 0.3 is 0 Å². The van der Waals surface area contributed by atoms with Crippen molar-refractivity contribution in [1.29, 1.82) is 0 Å². The van der Waals surface area contributed by atoms with Crippen LogP contribution in [0.25, 0.3) is 11.5 Å². The molecule has 2 aromatic rings.